The lowest BCUT2D eigenvalue weighted by Crippen LogP contribution is -2.14. The highest BCUT2D eigenvalue weighted by Gasteiger charge is 2.35. The van der Waals surface area contributed by atoms with Crippen molar-refractivity contribution in [1.82, 2.24) is 9.13 Å². The number of nitrogens with zero attached hydrogens (tertiary/aromatic N) is 2. The van der Waals surface area contributed by atoms with Crippen LogP contribution < -0.4 is 4.74 Å². The second kappa shape index (κ2) is 7.51. The van der Waals surface area contributed by atoms with Crippen LogP contribution in [-0.2, 0) is 5.41 Å². The van der Waals surface area contributed by atoms with Gasteiger partial charge >= 0.3 is 0 Å². The molecule has 10 rings (SSSR count). The van der Waals surface area contributed by atoms with Crippen molar-refractivity contribution in [1.29, 1.82) is 0 Å². The molecular formula is C39H26N2O. The van der Waals surface area contributed by atoms with E-state index in [1.165, 1.54) is 60.5 Å². The highest BCUT2D eigenvalue weighted by molar-refractivity contribution is 6.30. The van der Waals surface area contributed by atoms with Gasteiger partial charge in [0.25, 0.3) is 0 Å². The summed E-state index contributed by atoms with van der Waals surface area (Å²) in [6, 6.07) is 44.1. The normalized spacial score (nSPS) is 14.3. The van der Waals surface area contributed by atoms with Gasteiger partial charge in [-0.3, -0.25) is 0 Å². The Hall–Kier alpha value is -5.28. The molecule has 3 nitrogen and oxygen atoms in total. The molecule has 0 radical (unpaired) electrons. The highest BCUT2D eigenvalue weighted by atomic mass is 16.5. The summed E-state index contributed by atoms with van der Waals surface area (Å²) in [6.45, 7) is 4.68. The van der Waals surface area contributed by atoms with Crippen molar-refractivity contribution in [3.63, 3.8) is 0 Å². The summed E-state index contributed by atoms with van der Waals surface area (Å²) >= 11 is 0. The van der Waals surface area contributed by atoms with Crippen molar-refractivity contribution < 1.29 is 4.74 Å². The highest BCUT2D eigenvalue weighted by Crippen LogP contribution is 2.52. The summed E-state index contributed by atoms with van der Waals surface area (Å²) in [4.78, 5) is 0. The Morgan fingerprint density at radius 1 is 0.524 bits per heavy atom. The van der Waals surface area contributed by atoms with E-state index < -0.39 is 0 Å². The third-order valence-corrected chi connectivity index (χ3v) is 9.69. The van der Waals surface area contributed by atoms with Gasteiger partial charge in [-0.15, -0.1) is 0 Å². The first-order valence-electron chi connectivity index (χ1n) is 14.6. The molecule has 0 fully saturated rings. The van der Waals surface area contributed by atoms with Gasteiger partial charge in [0.05, 0.1) is 27.8 Å². The standard InChI is InChI=1S/C39H26N2O/c1-39(2)28-14-6-3-11-24(28)27-21-23(19-20-29(27)39)40-30-15-7-4-12-25(30)36-33(40)22-35-38-37(36)26-13-5-8-16-31(26)41(38)32-17-9-10-18-34(32)42-35/h3-22H,1-2H3. The fourth-order valence-electron chi connectivity index (χ4n) is 7.88. The number of fused-ring (bicyclic) bond motifs is 12. The maximum atomic E-state index is 6.69. The van der Waals surface area contributed by atoms with Gasteiger partial charge in [0.15, 0.2) is 11.5 Å². The molecule has 0 saturated carbocycles. The van der Waals surface area contributed by atoms with E-state index in [9.17, 15) is 0 Å². The van der Waals surface area contributed by atoms with Gasteiger partial charge < -0.3 is 13.9 Å². The van der Waals surface area contributed by atoms with Gasteiger partial charge in [-0.05, 0) is 58.7 Å². The fraction of sp³-hybridized carbons (Fsp3) is 0.0769. The van der Waals surface area contributed by atoms with E-state index in [2.05, 4.69) is 138 Å². The summed E-state index contributed by atoms with van der Waals surface area (Å²) in [5.74, 6) is 1.77. The lowest BCUT2D eigenvalue weighted by molar-refractivity contribution is 0.477. The van der Waals surface area contributed by atoms with E-state index in [0.717, 1.165) is 28.2 Å². The summed E-state index contributed by atoms with van der Waals surface area (Å²) in [7, 11) is 0. The van der Waals surface area contributed by atoms with Crippen LogP contribution in [-0.4, -0.2) is 9.13 Å². The third-order valence-electron chi connectivity index (χ3n) is 9.69. The lowest BCUT2D eigenvalue weighted by atomic mass is 9.82. The van der Waals surface area contributed by atoms with Crippen LogP contribution >= 0.6 is 0 Å². The van der Waals surface area contributed by atoms with E-state index in [-0.39, 0.29) is 5.41 Å². The SMILES string of the molecule is CC1(C)c2ccccc2-c2cc(-n3c4ccccc4c4c5c6ccccc6n6c5c(cc43)Oc3ccccc3-6)ccc21. The quantitative estimate of drug-likeness (QED) is 0.203. The number of hydrogen-bond donors (Lipinski definition) is 0. The zero-order valence-corrected chi connectivity index (χ0v) is 23.3. The van der Waals surface area contributed by atoms with E-state index in [4.69, 9.17) is 4.74 Å². The van der Waals surface area contributed by atoms with E-state index >= 15 is 0 Å². The maximum Gasteiger partial charge on any atom is 0.154 e. The van der Waals surface area contributed by atoms with E-state index in [1.807, 2.05) is 6.07 Å². The Balaban J connectivity index is 1.37. The van der Waals surface area contributed by atoms with Gasteiger partial charge in [0.2, 0.25) is 0 Å². The second-order valence-corrected chi connectivity index (χ2v) is 12.2. The maximum absolute atomic E-state index is 6.69. The Kier molecular flexibility index (Phi) is 4.01. The van der Waals surface area contributed by atoms with Crippen LogP contribution in [0.4, 0.5) is 0 Å². The summed E-state index contributed by atoms with van der Waals surface area (Å²) in [6.07, 6.45) is 0. The first-order valence-corrected chi connectivity index (χ1v) is 14.6. The Morgan fingerprint density at radius 3 is 2.05 bits per heavy atom. The molecule has 0 spiro atoms. The van der Waals surface area contributed by atoms with Gasteiger partial charge in [0.1, 0.15) is 0 Å². The molecule has 198 valence electrons. The molecule has 3 heterocycles. The van der Waals surface area contributed by atoms with Crippen LogP contribution in [0.15, 0.2) is 121 Å². The molecule has 8 aromatic rings. The summed E-state index contributed by atoms with van der Waals surface area (Å²) in [5.41, 5.74) is 12.3. The summed E-state index contributed by atoms with van der Waals surface area (Å²) in [5, 5.41) is 5.01. The zero-order valence-electron chi connectivity index (χ0n) is 23.3. The Labute approximate surface area is 242 Å². The largest absolute Gasteiger partial charge is 0.453 e. The van der Waals surface area contributed by atoms with Crippen molar-refractivity contribution in [3.8, 4) is 34.0 Å². The number of hydrogen-bond acceptors (Lipinski definition) is 1. The van der Waals surface area contributed by atoms with Gasteiger partial charge in [-0.25, -0.2) is 0 Å². The van der Waals surface area contributed by atoms with E-state index in [1.54, 1.807) is 0 Å². The van der Waals surface area contributed by atoms with Crippen LogP contribution in [0.1, 0.15) is 25.0 Å². The number of para-hydroxylation sites is 4. The molecule has 2 aliphatic rings. The zero-order chi connectivity index (χ0) is 27.7. The first kappa shape index (κ1) is 22.4. The van der Waals surface area contributed by atoms with Crippen molar-refractivity contribution in [2.45, 2.75) is 19.3 Å². The molecular weight excluding hydrogens is 512 g/mol. The molecule has 0 N–H and O–H groups in total. The molecule has 1 aliphatic heterocycles. The van der Waals surface area contributed by atoms with Crippen molar-refractivity contribution in [2.75, 3.05) is 0 Å². The monoisotopic (exact) mass is 538 g/mol. The fourth-order valence-corrected chi connectivity index (χ4v) is 7.88. The molecule has 0 saturated heterocycles. The molecule has 0 bridgehead atoms. The van der Waals surface area contributed by atoms with Crippen molar-refractivity contribution in [3.05, 3.63) is 132 Å². The van der Waals surface area contributed by atoms with Crippen LogP contribution in [0.5, 0.6) is 11.5 Å². The molecule has 3 heteroatoms. The number of aromatic nitrogens is 2. The number of rotatable bonds is 1. The summed E-state index contributed by atoms with van der Waals surface area (Å²) < 4.78 is 11.5. The van der Waals surface area contributed by atoms with Gasteiger partial charge in [-0.2, -0.15) is 0 Å². The first-order chi connectivity index (χ1) is 20.6. The molecule has 0 unspecified atom stereocenters. The minimum atomic E-state index is -0.0231. The average Bonchev–Trinajstić information content (AvgIpc) is 3.62. The number of benzene rings is 6. The molecule has 6 aromatic carbocycles. The number of ether oxygens (including phenoxy) is 1. The van der Waals surface area contributed by atoms with Crippen LogP contribution in [0.2, 0.25) is 0 Å². The minimum absolute atomic E-state index is 0.0231. The molecule has 0 amide bonds. The second-order valence-electron chi connectivity index (χ2n) is 12.2. The third kappa shape index (κ3) is 2.58. The Morgan fingerprint density at radius 2 is 1.19 bits per heavy atom. The lowest BCUT2D eigenvalue weighted by Gasteiger charge is -2.22. The molecule has 1 aliphatic carbocycles. The molecule has 42 heavy (non-hydrogen) atoms. The van der Waals surface area contributed by atoms with Crippen LogP contribution in [0, 0.1) is 0 Å². The van der Waals surface area contributed by atoms with Gasteiger partial charge in [0, 0.05) is 38.7 Å². The Bertz CT molecular complexity index is 2470. The van der Waals surface area contributed by atoms with Crippen LogP contribution in [0.3, 0.4) is 0 Å². The van der Waals surface area contributed by atoms with Crippen LogP contribution in [0.25, 0.3) is 66.1 Å². The average molecular weight is 539 g/mol. The molecule has 2 aromatic heterocycles. The topological polar surface area (TPSA) is 19.1 Å². The molecule has 0 atom stereocenters. The smallest absolute Gasteiger partial charge is 0.154 e. The minimum Gasteiger partial charge on any atom is -0.453 e. The van der Waals surface area contributed by atoms with E-state index in [0.29, 0.717) is 0 Å². The van der Waals surface area contributed by atoms with Crippen molar-refractivity contribution >= 4 is 43.6 Å². The predicted molar refractivity (Wildman–Crippen MR) is 173 cm³/mol. The van der Waals surface area contributed by atoms with Gasteiger partial charge in [-0.1, -0.05) is 92.7 Å². The predicted octanol–water partition coefficient (Wildman–Crippen LogP) is 10.3. The van der Waals surface area contributed by atoms with Crippen molar-refractivity contribution in [2.24, 2.45) is 0 Å².